The zero-order valence-electron chi connectivity index (χ0n) is 18.3. The molecule has 1 saturated heterocycles. The van der Waals surface area contributed by atoms with Gasteiger partial charge in [0.25, 0.3) is 0 Å². The lowest BCUT2D eigenvalue weighted by molar-refractivity contribution is -0.131. The maximum Gasteiger partial charge on any atom is 0.342 e. The molecule has 0 amide bonds. The van der Waals surface area contributed by atoms with E-state index < -0.39 is 5.97 Å². The number of morpholine rings is 1. The van der Waals surface area contributed by atoms with E-state index in [1.807, 2.05) is 24.3 Å². The minimum absolute atomic E-state index is 0.114. The molecule has 2 heterocycles. The number of carbonyl (C=O) groups is 1. The number of hydrogen-bond acceptors (Lipinski definition) is 8. The van der Waals surface area contributed by atoms with E-state index in [9.17, 15) is 9.90 Å². The summed E-state index contributed by atoms with van der Waals surface area (Å²) in [4.78, 5) is 18.6. The molecule has 1 aliphatic rings. The van der Waals surface area contributed by atoms with Gasteiger partial charge in [-0.05, 0) is 47.7 Å². The van der Waals surface area contributed by atoms with Crippen LogP contribution in [-0.4, -0.2) is 66.8 Å². The molecule has 0 bridgehead atoms. The molecule has 1 aliphatic heterocycles. The van der Waals surface area contributed by atoms with Crippen LogP contribution in [0.1, 0.15) is 5.56 Å². The van der Waals surface area contributed by atoms with Crippen molar-refractivity contribution in [2.75, 3.05) is 45.4 Å². The molecule has 172 valence electrons. The van der Waals surface area contributed by atoms with E-state index in [0.29, 0.717) is 41.3 Å². The van der Waals surface area contributed by atoms with E-state index >= 15 is 0 Å². The number of aromatic nitrogens is 3. The SMILES string of the molecule is COc1cc(OC)cc(-c2nc(S/C(=C/c3ccc(N4CCOCC4)cc3)C(=O)O)n[nH]2)c1. The molecule has 33 heavy (non-hydrogen) atoms. The summed E-state index contributed by atoms with van der Waals surface area (Å²) < 4.78 is 16.0. The third-order valence-electron chi connectivity index (χ3n) is 5.07. The number of carboxylic acids is 1. The van der Waals surface area contributed by atoms with E-state index in [-0.39, 0.29) is 4.91 Å². The van der Waals surface area contributed by atoms with Crippen molar-refractivity contribution in [2.24, 2.45) is 0 Å². The second kappa shape index (κ2) is 10.4. The van der Waals surface area contributed by atoms with Crippen LogP contribution < -0.4 is 14.4 Å². The summed E-state index contributed by atoms with van der Waals surface area (Å²) in [6.07, 6.45) is 1.61. The molecule has 0 saturated carbocycles. The second-order valence-electron chi connectivity index (χ2n) is 7.17. The normalized spacial score (nSPS) is 14.2. The third-order valence-corrected chi connectivity index (χ3v) is 5.95. The van der Waals surface area contributed by atoms with Crippen molar-refractivity contribution in [3.63, 3.8) is 0 Å². The molecule has 3 aromatic rings. The Morgan fingerprint density at radius 1 is 1.12 bits per heavy atom. The quantitative estimate of drug-likeness (QED) is 0.379. The van der Waals surface area contributed by atoms with E-state index in [1.54, 1.807) is 38.5 Å². The van der Waals surface area contributed by atoms with Crippen molar-refractivity contribution in [2.45, 2.75) is 5.16 Å². The number of carboxylic acid groups (broad SMARTS) is 1. The number of aliphatic carboxylic acids is 1. The number of H-pyrrole nitrogens is 1. The number of ether oxygens (including phenoxy) is 3. The van der Waals surface area contributed by atoms with Crippen LogP contribution in [0.5, 0.6) is 11.5 Å². The molecule has 0 unspecified atom stereocenters. The molecule has 4 rings (SSSR count). The second-order valence-corrected chi connectivity index (χ2v) is 8.18. The third kappa shape index (κ3) is 5.65. The van der Waals surface area contributed by atoms with Crippen LogP contribution in [0.25, 0.3) is 17.5 Å². The first-order chi connectivity index (χ1) is 16.1. The van der Waals surface area contributed by atoms with Gasteiger partial charge in [0.15, 0.2) is 5.82 Å². The number of anilines is 1. The first kappa shape index (κ1) is 22.7. The standard InChI is InChI=1S/C23H24N4O5S/c1-30-18-12-16(13-19(14-18)31-2)21-24-23(26-25-21)33-20(22(28)29)11-15-3-5-17(6-4-15)27-7-9-32-10-8-27/h3-6,11-14H,7-10H2,1-2H3,(H,28,29)(H,24,25,26)/b20-11+. The van der Waals surface area contributed by atoms with Gasteiger partial charge in [0.2, 0.25) is 5.16 Å². The lowest BCUT2D eigenvalue weighted by Crippen LogP contribution is -2.36. The summed E-state index contributed by atoms with van der Waals surface area (Å²) in [5.41, 5.74) is 2.59. The predicted octanol–water partition coefficient (Wildman–Crippen LogP) is 3.54. The van der Waals surface area contributed by atoms with Crippen LogP contribution in [0.15, 0.2) is 52.5 Å². The zero-order chi connectivity index (χ0) is 23.2. The highest BCUT2D eigenvalue weighted by atomic mass is 32.2. The van der Waals surface area contributed by atoms with Gasteiger partial charge in [-0.25, -0.2) is 9.78 Å². The van der Waals surface area contributed by atoms with Gasteiger partial charge in [-0.2, -0.15) is 0 Å². The molecule has 1 fully saturated rings. The number of nitrogens with one attached hydrogen (secondary N) is 1. The summed E-state index contributed by atoms with van der Waals surface area (Å²) in [7, 11) is 3.13. The van der Waals surface area contributed by atoms with E-state index in [4.69, 9.17) is 14.2 Å². The number of aromatic amines is 1. The Balaban J connectivity index is 1.51. The van der Waals surface area contributed by atoms with Gasteiger partial charge in [-0.15, -0.1) is 5.10 Å². The molecule has 0 spiro atoms. The van der Waals surface area contributed by atoms with E-state index in [2.05, 4.69) is 20.1 Å². The monoisotopic (exact) mass is 468 g/mol. The topological polar surface area (TPSA) is 110 Å². The molecule has 0 radical (unpaired) electrons. The fraction of sp³-hybridized carbons (Fsp3) is 0.261. The minimum Gasteiger partial charge on any atom is -0.497 e. The molecule has 10 heteroatoms. The average Bonchev–Trinajstić information content (AvgIpc) is 3.33. The fourth-order valence-corrected chi connectivity index (χ4v) is 4.06. The number of methoxy groups -OCH3 is 2. The summed E-state index contributed by atoms with van der Waals surface area (Å²) in [5, 5.41) is 17.0. The van der Waals surface area contributed by atoms with Gasteiger partial charge >= 0.3 is 5.97 Å². The average molecular weight is 469 g/mol. The predicted molar refractivity (Wildman–Crippen MR) is 126 cm³/mol. The Kier molecular flexibility index (Phi) is 7.16. The first-order valence-electron chi connectivity index (χ1n) is 10.3. The zero-order valence-corrected chi connectivity index (χ0v) is 19.1. The first-order valence-corrected chi connectivity index (χ1v) is 11.1. The molecular formula is C23H24N4O5S. The minimum atomic E-state index is -1.05. The van der Waals surface area contributed by atoms with E-state index in [0.717, 1.165) is 36.1 Å². The van der Waals surface area contributed by atoms with Crippen molar-refractivity contribution in [3.8, 4) is 22.9 Å². The highest BCUT2D eigenvalue weighted by Crippen LogP contribution is 2.31. The molecule has 2 N–H and O–H groups in total. The van der Waals surface area contributed by atoms with Crippen LogP contribution in [0, 0.1) is 0 Å². The van der Waals surface area contributed by atoms with Crippen LogP contribution in [0.2, 0.25) is 0 Å². The molecule has 2 aromatic carbocycles. The number of thioether (sulfide) groups is 1. The highest BCUT2D eigenvalue weighted by molar-refractivity contribution is 8.04. The number of benzene rings is 2. The van der Waals surface area contributed by atoms with Gasteiger partial charge in [-0.3, -0.25) is 5.10 Å². The number of hydrogen-bond donors (Lipinski definition) is 2. The Morgan fingerprint density at radius 3 is 2.39 bits per heavy atom. The van der Waals surface area contributed by atoms with Crippen molar-refractivity contribution in [3.05, 3.63) is 52.9 Å². The van der Waals surface area contributed by atoms with Crippen molar-refractivity contribution in [1.29, 1.82) is 0 Å². The summed E-state index contributed by atoms with van der Waals surface area (Å²) in [6.45, 7) is 3.11. The van der Waals surface area contributed by atoms with Gasteiger partial charge < -0.3 is 24.2 Å². The van der Waals surface area contributed by atoms with Crippen molar-refractivity contribution < 1.29 is 24.1 Å². The van der Waals surface area contributed by atoms with Gasteiger partial charge in [0.05, 0.1) is 27.4 Å². The van der Waals surface area contributed by atoms with Gasteiger partial charge in [0, 0.05) is 30.4 Å². The lowest BCUT2D eigenvalue weighted by Gasteiger charge is -2.28. The summed E-state index contributed by atoms with van der Waals surface area (Å²) >= 11 is 0.978. The highest BCUT2D eigenvalue weighted by Gasteiger charge is 2.16. The Bertz CT molecular complexity index is 1120. The maximum absolute atomic E-state index is 11.9. The molecular weight excluding hydrogens is 444 g/mol. The molecule has 0 aliphatic carbocycles. The molecule has 1 aromatic heterocycles. The summed E-state index contributed by atoms with van der Waals surface area (Å²) in [6, 6.07) is 13.1. The smallest absolute Gasteiger partial charge is 0.342 e. The summed E-state index contributed by atoms with van der Waals surface area (Å²) in [5.74, 6) is 0.657. The Labute approximate surface area is 195 Å². The largest absolute Gasteiger partial charge is 0.497 e. The van der Waals surface area contributed by atoms with Crippen molar-refractivity contribution in [1.82, 2.24) is 15.2 Å². The van der Waals surface area contributed by atoms with Crippen LogP contribution in [0.4, 0.5) is 5.69 Å². The number of rotatable bonds is 8. The molecule has 9 nitrogen and oxygen atoms in total. The van der Waals surface area contributed by atoms with Crippen LogP contribution in [0.3, 0.4) is 0 Å². The van der Waals surface area contributed by atoms with Gasteiger partial charge in [-0.1, -0.05) is 12.1 Å². The fourth-order valence-electron chi connectivity index (χ4n) is 3.35. The number of nitrogens with zero attached hydrogens (tertiary/aromatic N) is 3. The Morgan fingerprint density at radius 2 is 1.79 bits per heavy atom. The van der Waals surface area contributed by atoms with E-state index in [1.165, 1.54) is 0 Å². The van der Waals surface area contributed by atoms with Gasteiger partial charge in [0.1, 0.15) is 16.4 Å². The lowest BCUT2D eigenvalue weighted by atomic mass is 10.1. The van der Waals surface area contributed by atoms with Crippen molar-refractivity contribution >= 4 is 29.5 Å². The Hall–Kier alpha value is -3.50. The molecule has 0 atom stereocenters. The van der Waals surface area contributed by atoms with Crippen LogP contribution >= 0.6 is 11.8 Å². The maximum atomic E-state index is 11.9. The van der Waals surface area contributed by atoms with Crippen LogP contribution in [-0.2, 0) is 9.53 Å².